The minimum atomic E-state index is -0.708. The van der Waals surface area contributed by atoms with Gasteiger partial charge in [-0.1, -0.05) is 0 Å². The summed E-state index contributed by atoms with van der Waals surface area (Å²) < 4.78 is 0. The molecule has 0 atom stereocenters. The number of carboxylic acids is 1. The quantitative estimate of drug-likeness (QED) is 0.669. The van der Waals surface area contributed by atoms with E-state index in [1.165, 1.54) is 38.9 Å². The Hall–Kier alpha value is -1.14. The number of carbonyl (C=O) groups is 2. The van der Waals surface area contributed by atoms with Gasteiger partial charge in [0.05, 0.1) is 5.92 Å². The standard InChI is InChI=1S/C20H35N3O3/c24-19(16-1-3-17(4-2-16)20(25)26)22-18-8-13-23(14-9-18)12-7-15-5-10-21-11-6-15/h15-18,21H,1-14H2,(H,22,24)(H,25,26). The van der Waals surface area contributed by atoms with E-state index >= 15 is 0 Å². The maximum Gasteiger partial charge on any atom is 0.306 e. The summed E-state index contributed by atoms with van der Waals surface area (Å²) in [4.78, 5) is 26.1. The summed E-state index contributed by atoms with van der Waals surface area (Å²) in [7, 11) is 0. The van der Waals surface area contributed by atoms with Crippen LogP contribution in [0.5, 0.6) is 0 Å². The van der Waals surface area contributed by atoms with E-state index in [2.05, 4.69) is 15.5 Å². The van der Waals surface area contributed by atoms with E-state index in [-0.39, 0.29) is 17.7 Å². The van der Waals surface area contributed by atoms with Gasteiger partial charge in [0.1, 0.15) is 0 Å². The molecule has 3 aliphatic rings. The minimum Gasteiger partial charge on any atom is -0.481 e. The maximum absolute atomic E-state index is 12.5. The van der Waals surface area contributed by atoms with Crippen molar-refractivity contribution in [2.45, 2.75) is 63.8 Å². The lowest BCUT2D eigenvalue weighted by molar-refractivity contribution is -0.144. The van der Waals surface area contributed by atoms with Crippen molar-refractivity contribution in [1.29, 1.82) is 0 Å². The van der Waals surface area contributed by atoms with Gasteiger partial charge < -0.3 is 20.6 Å². The van der Waals surface area contributed by atoms with Crippen molar-refractivity contribution in [3.63, 3.8) is 0 Å². The molecule has 1 saturated carbocycles. The van der Waals surface area contributed by atoms with E-state index in [1.54, 1.807) is 0 Å². The van der Waals surface area contributed by atoms with Crippen LogP contribution in [0.4, 0.5) is 0 Å². The number of hydrogen-bond donors (Lipinski definition) is 3. The van der Waals surface area contributed by atoms with Crippen LogP contribution in [0.25, 0.3) is 0 Å². The van der Waals surface area contributed by atoms with Gasteiger partial charge in [-0.2, -0.15) is 0 Å². The Bertz CT molecular complexity index is 463. The van der Waals surface area contributed by atoms with Crippen LogP contribution in [0.3, 0.4) is 0 Å². The summed E-state index contributed by atoms with van der Waals surface area (Å²) in [6, 6.07) is 0.301. The van der Waals surface area contributed by atoms with Crippen LogP contribution in [-0.4, -0.2) is 60.6 Å². The Balaban J connectivity index is 1.31. The number of piperidine rings is 2. The molecule has 3 fully saturated rings. The largest absolute Gasteiger partial charge is 0.481 e. The fourth-order valence-electron chi connectivity index (χ4n) is 4.76. The first-order valence-electron chi connectivity index (χ1n) is 10.6. The van der Waals surface area contributed by atoms with Crippen LogP contribution < -0.4 is 10.6 Å². The summed E-state index contributed by atoms with van der Waals surface area (Å²) in [5, 5.41) is 15.7. The molecule has 148 valence electrons. The molecule has 0 aromatic carbocycles. The summed E-state index contributed by atoms with van der Waals surface area (Å²) in [6.07, 6.45) is 8.75. The number of likely N-dealkylation sites (tertiary alicyclic amines) is 1. The molecule has 0 unspecified atom stereocenters. The van der Waals surface area contributed by atoms with E-state index in [4.69, 9.17) is 5.11 Å². The number of nitrogens with one attached hydrogen (secondary N) is 2. The Labute approximate surface area is 157 Å². The first kappa shape index (κ1) is 19.6. The van der Waals surface area contributed by atoms with E-state index in [0.717, 1.165) is 44.7 Å². The average Bonchev–Trinajstić information content (AvgIpc) is 2.68. The molecule has 3 rings (SSSR count). The number of carboxylic acid groups (broad SMARTS) is 1. The lowest BCUT2D eigenvalue weighted by Gasteiger charge is -2.35. The summed E-state index contributed by atoms with van der Waals surface area (Å²) >= 11 is 0. The van der Waals surface area contributed by atoms with Crippen molar-refractivity contribution in [1.82, 2.24) is 15.5 Å². The molecular formula is C20H35N3O3. The molecule has 0 aromatic rings. The molecule has 0 bridgehead atoms. The molecule has 2 saturated heterocycles. The molecular weight excluding hydrogens is 330 g/mol. The predicted molar refractivity (Wildman–Crippen MR) is 101 cm³/mol. The fraction of sp³-hybridized carbons (Fsp3) is 0.900. The van der Waals surface area contributed by atoms with E-state index in [0.29, 0.717) is 18.9 Å². The molecule has 6 heteroatoms. The zero-order valence-corrected chi connectivity index (χ0v) is 15.9. The normalized spacial score (nSPS) is 29.4. The molecule has 2 heterocycles. The van der Waals surface area contributed by atoms with Gasteiger partial charge in [0, 0.05) is 25.0 Å². The highest BCUT2D eigenvalue weighted by Crippen LogP contribution is 2.29. The second kappa shape index (κ2) is 9.70. The Kier molecular flexibility index (Phi) is 7.32. The number of hydrogen-bond acceptors (Lipinski definition) is 4. The molecule has 0 radical (unpaired) electrons. The predicted octanol–water partition coefficient (Wildman–Crippen LogP) is 1.85. The molecule has 1 aliphatic carbocycles. The first-order valence-corrected chi connectivity index (χ1v) is 10.6. The van der Waals surface area contributed by atoms with Gasteiger partial charge in [0.15, 0.2) is 0 Å². The third-order valence-electron chi connectivity index (χ3n) is 6.69. The topological polar surface area (TPSA) is 81.7 Å². The highest BCUT2D eigenvalue weighted by molar-refractivity contribution is 5.79. The zero-order chi connectivity index (χ0) is 18.4. The minimum absolute atomic E-state index is 0.0172. The van der Waals surface area contributed by atoms with Crippen molar-refractivity contribution in [3.8, 4) is 0 Å². The van der Waals surface area contributed by atoms with Gasteiger partial charge in [0.2, 0.25) is 5.91 Å². The van der Waals surface area contributed by atoms with Crippen molar-refractivity contribution in [2.24, 2.45) is 17.8 Å². The number of carbonyl (C=O) groups excluding carboxylic acids is 1. The highest BCUT2D eigenvalue weighted by Gasteiger charge is 2.31. The van der Waals surface area contributed by atoms with Crippen molar-refractivity contribution in [3.05, 3.63) is 0 Å². The summed E-state index contributed by atoms with van der Waals surface area (Å²) in [6.45, 7) is 5.72. The molecule has 0 aromatic heterocycles. The third-order valence-corrected chi connectivity index (χ3v) is 6.69. The SMILES string of the molecule is O=C(O)C1CCC(C(=O)NC2CCN(CCC3CCNCC3)CC2)CC1. The van der Waals surface area contributed by atoms with Gasteiger partial charge in [0.25, 0.3) is 0 Å². The number of nitrogens with zero attached hydrogens (tertiary/aromatic N) is 1. The number of amides is 1. The van der Waals surface area contributed by atoms with E-state index in [1.807, 2.05) is 0 Å². The van der Waals surface area contributed by atoms with Gasteiger partial charge in [-0.3, -0.25) is 9.59 Å². The average molecular weight is 366 g/mol. The van der Waals surface area contributed by atoms with Gasteiger partial charge >= 0.3 is 5.97 Å². The maximum atomic E-state index is 12.5. The molecule has 1 amide bonds. The van der Waals surface area contributed by atoms with Crippen LogP contribution in [0.2, 0.25) is 0 Å². The third kappa shape index (κ3) is 5.68. The Morgan fingerprint density at radius 1 is 0.923 bits per heavy atom. The lowest BCUT2D eigenvalue weighted by atomic mass is 9.81. The molecule has 26 heavy (non-hydrogen) atoms. The number of rotatable bonds is 6. The zero-order valence-electron chi connectivity index (χ0n) is 15.9. The molecule has 6 nitrogen and oxygen atoms in total. The van der Waals surface area contributed by atoms with Crippen LogP contribution in [0, 0.1) is 17.8 Å². The lowest BCUT2D eigenvalue weighted by Crippen LogP contribution is -2.47. The van der Waals surface area contributed by atoms with Gasteiger partial charge in [-0.05, 0) is 83.3 Å². The van der Waals surface area contributed by atoms with Crippen molar-refractivity contribution >= 4 is 11.9 Å². The van der Waals surface area contributed by atoms with Crippen molar-refractivity contribution < 1.29 is 14.7 Å². The molecule has 0 spiro atoms. The monoisotopic (exact) mass is 365 g/mol. The molecule has 2 aliphatic heterocycles. The Morgan fingerprint density at radius 2 is 1.54 bits per heavy atom. The van der Waals surface area contributed by atoms with Crippen LogP contribution in [0.15, 0.2) is 0 Å². The van der Waals surface area contributed by atoms with E-state index in [9.17, 15) is 9.59 Å². The second-order valence-electron chi connectivity index (χ2n) is 8.49. The second-order valence-corrected chi connectivity index (χ2v) is 8.49. The Morgan fingerprint density at radius 3 is 2.15 bits per heavy atom. The van der Waals surface area contributed by atoms with E-state index < -0.39 is 5.97 Å². The fourth-order valence-corrected chi connectivity index (χ4v) is 4.76. The smallest absolute Gasteiger partial charge is 0.306 e. The van der Waals surface area contributed by atoms with Crippen molar-refractivity contribution in [2.75, 3.05) is 32.7 Å². The summed E-state index contributed by atoms with van der Waals surface area (Å²) in [5.74, 6) is 0.100. The summed E-state index contributed by atoms with van der Waals surface area (Å²) in [5.41, 5.74) is 0. The first-order chi connectivity index (χ1) is 12.6. The van der Waals surface area contributed by atoms with Gasteiger partial charge in [-0.15, -0.1) is 0 Å². The molecule has 3 N–H and O–H groups in total. The highest BCUT2D eigenvalue weighted by atomic mass is 16.4. The van der Waals surface area contributed by atoms with Crippen LogP contribution in [0.1, 0.15) is 57.8 Å². The van der Waals surface area contributed by atoms with Crippen LogP contribution >= 0.6 is 0 Å². The van der Waals surface area contributed by atoms with Crippen LogP contribution in [-0.2, 0) is 9.59 Å². The van der Waals surface area contributed by atoms with Gasteiger partial charge in [-0.25, -0.2) is 0 Å². The number of aliphatic carboxylic acids is 1.